The highest BCUT2D eigenvalue weighted by atomic mass is 19.4. The zero-order chi connectivity index (χ0) is 23.6. The number of aromatic amines is 1. The molecule has 174 valence electrons. The molecule has 4 rings (SSSR count). The minimum absolute atomic E-state index is 0.0241. The molecule has 2 aliphatic rings. The van der Waals surface area contributed by atoms with Crippen molar-refractivity contribution in [1.82, 2.24) is 20.4 Å². The first-order valence-electron chi connectivity index (χ1n) is 10.2. The lowest BCUT2D eigenvalue weighted by atomic mass is 10.1. The normalized spacial score (nSPS) is 18.5. The van der Waals surface area contributed by atoms with Gasteiger partial charge in [-0.25, -0.2) is 9.89 Å². The van der Waals surface area contributed by atoms with Gasteiger partial charge in [-0.1, -0.05) is 36.3 Å². The van der Waals surface area contributed by atoms with Crippen molar-refractivity contribution < 1.29 is 22.8 Å². The number of piperazine rings is 1. The van der Waals surface area contributed by atoms with E-state index in [0.29, 0.717) is 31.7 Å². The number of benzene rings is 1. The maximum Gasteiger partial charge on any atom is 0.493 e. The molecule has 0 spiro atoms. The maximum absolute atomic E-state index is 13.2. The molecule has 1 fully saturated rings. The summed E-state index contributed by atoms with van der Waals surface area (Å²) in [6, 6.07) is 8.61. The first-order chi connectivity index (χ1) is 15.8. The van der Waals surface area contributed by atoms with Crippen molar-refractivity contribution in [3.8, 4) is 23.1 Å². The van der Waals surface area contributed by atoms with Gasteiger partial charge in [0.2, 0.25) is 0 Å². The Kier molecular flexibility index (Phi) is 6.26. The van der Waals surface area contributed by atoms with E-state index in [9.17, 15) is 22.8 Å². The number of fused-ring (bicyclic) bond motifs is 1. The molecule has 0 saturated carbocycles. The van der Waals surface area contributed by atoms with Gasteiger partial charge in [-0.15, -0.1) is 5.92 Å². The SMILES string of the molecule is CC#CCN1c2c(c(-c3ccccc3)n[nH]c2=O)N(OC(=O)C(F)(F)F)C1N1CCNCC1. The molecule has 1 saturated heterocycles. The summed E-state index contributed by atoms with van der Waals surface area (Å²) >= 11 is 0. The van der Waals surface area contributed by atoms with E-state index in [4.69, 9.17) is 4.84 Å². The smallest absolute Gasteiger partial charge is 0.329 e. The second-order valence-electron chi connectivity index (χ2n) is 7.35. The molecule has 2 N–H and O–H groups in total. The molecule has 3 heterocycles. The van der Waals surface area contributed by atoms with Crippen LogP contribution in [0.1, 0.15) is 6.92 Å². The van der Waals surface area contributed by atoms with Gasteiger partial charge in [0.25, 0.3) is 5.56 Å². The van der Waals surface area contributed by atoms with Crippen LogP contribution in [0.25, 0.3) is 11.3 Å². The number of carbonyl (C=O) groups is 1. The van der Waals surface area contributed by atoms with Crippen molar-refractivity contribution in [3.63, 3.8) is 0 Å². The third-order valence-corrected chi connectivity index (χ3v) is 5.29. The molecule has 1 atom stereocenters. The van der Waals surface area contributed by atoms with Gasteiger partial charge in [-0.3, -0.25) is 9.69 Å². The Morgan fingerprint density at radius 2 is 1.91 bits per heavy atom. The maximum atomic E-state index is 13.2. The van der Waals surface area contributed by atoms with Crippen molar-refractivity contribution in [3.05, 3.63) is 40.7 Å². The summed E-state index contributed by atoms with van der Waals surface area (Å²) in [5.74, 6) is 3.21. The predicted molar refractivity (Wildman–Crippen MR) is 114 cm³/mol. The van der Waals surface area contributed by atoms with Gasteiger partial charge in [0.15, 0.2) is 6.29 Å². The molecule has 12 heteroatoms. The van der Waals surface area contributed by atoms with Crippen LogP contribution in [-0.4, -0.2) is 66.3 Å². The van der Waals surface area contributed by atoms with E-state index >= 15 is 0 Å². The molecule has 1 unspecified atom stereocenters. The van der Waals surface area contributed by atoms with Crippen molar-refractivity contribution in [2.75, 3.05) is 42.7 Å². The van der Waals surface area contributed by atoms with E-state index < -0.39 is 24.0 Å². The quantitative estimate of drug-likeness (QED) is 0.657. The molecule has 2 aliphatic heterocycles. The molecule has 9 nitrogen and oxygen atoms in total. The number of carbonyl (C=O) groups excluding carboxylic acids is 1. The lowest BCUT2D eigenvalue weighted by molar-refractivity contribution is -0.203. The van der Waals surface area contributed by atoms with Gasteiger partial charge in [0.05, 0.1) is 6.54 Å². The van der Waals surface area contributed by atoms with Crippen LogP contribution in [-0.2, 0) is 9.63 Å². The third kappa shape index (κ3) is 4.37. The first-order valence-corrected chi connectivity index (χ1v) is 10.2. The summed E-state index contributed by atoms with van der Waals surface area (Å²) < 4.78 is 39.6. The number of hydroxylamine groups is 1. The number of halogens is 3. The van der Waals surface area contributed by atoms with Crippen molar-refractivity contribution >= 4 is 17.3 Å². The minimum atomic E-state index is -5.23. The zero-order valence-electron chi connectivity index (χ0n) is 17.6. The molecule has 0 amide bonds. The largest absolute Gasteiger partial charge is 0.493 e. The van der Waals surface area contributed by atoms with E-state index in [-0.39, 0.29) is 23.6 Å². The first kappa shape index (κ1) is 22.6. The average molecular weight is 462 g/mol. The summed E-state index contributed by atoms with van der Waals surface area (Å²) in [6.45, 7) is 3.67. The van der Waals surface area contributed by atoms with Gasteiger partial charge >= 0.3 is 12.1 Å². The number of nitrogens with one attached hydrogen (secondary N) is 2. The molecule has 0 radical (unpaired) electrons. The van der Waals surface area contributed by atoms with Gasteiger partial charge in [0.1, 0.15) is 17.1 Å². The van der Waals surface area contributed by atoms with Crippen molar-refractivity contribution in [1.29, 1.82) is 0 Å². The second-order valence-corrected chi connectivity index (χ2v) is 7.35. The Bertz CT molecular complexity index is 1140. The standard InChI is InChI=1S/C21H21F3N6O3/c1-2-3-11-29-17-16(15(26-27-18(17)31)14-7-5-4-6-8-14)30(33-19(32)21(22,23)24)20(29)28-12-9-25-10-13-28/h4-8,20,25H,9-13H2,1H3,(H,27,31). The average Bonchev–Trinajstić information content (AvgIpc) is 3.13. The fraction of sp³-hybridized carbons (Fsp3) is 0.381. The minimum Gasteiger partial charge on any atom is -0.329 e. The second kappa shape index (κ2) is 9.13. The number of aromatic nitrogens is 2. The molecular formula is C21H21F3N6O3. The topological polar surface area (TPSA) is 93.8 Å². The third-order valence-electron chi connectivity index (χ3n) is 5.29. The lowest BCUT2D eigenvalue weighted by Gasteiger charge is -2.40. The van der Waals surface area contributed by atoms with E-state index in [1.54, 1.807) is 37.3 Å². The Balaban J connectivity index is 1.92. The molecular weight excluding hydrogens is 441 g/mol. The number of hydrogen-bond donors (Lipinski definition) is 2. The van der Waals surface area contributed by atoms with E-state index in [1.165, 1.54) is 4.90 Å². The van der Waals surface area contributed by atoms with Crippen LogP contribution >= 0.6 is 0 Å². The highest BCUT2D eigenvalue weighted by molar-refractivity contribution is 5.89. The van der Waals surface area contributed by atoms with Gasteiger partial charge < -0.3 is 15.1 Å². The fourth-order valence-corrected chi connectivity index (χ4v) is 3.88. The number of anilines is 2. The Morgan fingerprint density at radius 3 is 2.55 bits per heavy atom. The van der Waals surface area contributed by atoms with Crippen LogP contribution in [0.15, 0.2) is 35.1 Å². The Morgan fingerprint density at radius 1 is 1.21 bits per heavy atom. The van der Waals surface area contributed by atoms with Crippen LogP contribution in [0.4, 0.5) is 24.5 Å². The van der Waals surface area contributed by atoms with Crippen LogP contribution in [0.3, 0.4) is 0 Å². The molecule has 1 aromatic heterocycles. The monoisotopic (exact) mass is 462 g/mol. The summed E-state index contributed by atoms with van der Waals surface area (Å²) in [6.07, 6.45) is -6.24. The summed E-state index contributed by atoms with van der Waals surface area (Å²) in [4.78, 5) is 33.1. The van der Waals surface area contributed by atoms with Crippen LogP contribution in [0, 0.1) is 11.8 Å². The lowest BCUT2D eigenvalue weighted by Crippen LogP contribution is -2.61. The number of H-pyrrole nitrogens is 1. The number of hydrogen-bond acceptors (Lipinski definition) is 8. The number of rotatable bonds is 4. The molecule has 0 aliphatic carbocycles. The number of nitrogens with zero attached hydrogens (tertiary/aromatic N) is 4. The molecule has 0 bridgehead atoms. The predicted octanol–water partition coefficient (Wildman–Crippen LogP) is 1.30. The van der Waals surface area contributed by atoms with Gasteiger partial charge in [-0.2, -0.15) is 23.3 Å². The van der Waals surface area contributed by atoms with Crippen molar-refractivity contribution in [2.45, 2.75) is 19.4 Å². The van der Waals surface area contributed by atoms with E-state index in [0.717, 1.165) is 5.06 Å². The molecule has 33 heavy (non-hydrogen) atoms. The number of alkyl halides is 3. The van der Waals surface area contributed by atoms with Crippen LogP contribution in [0.5, 0.6) is 0 Å². The van der Waals surface area contributed by atoms with E-state index in [1.807, 2.05) is 4.90 Å². The van der Waals surface area contributed by atoms with Crippen molar-refractivity contribution in [2.24, 2.45) is 0 Å². The van der Waals surface area contributed by atoms with Gasteiger partial charge in [-0.05, 0) is 6.92 Å². The highest BCUT2D eigenvalue weighted by Crippen LogP contribution is 2.44. The Labute approximate surface area is 187 Å². The van der Waals surface area contributed by atoms with Crippen LogP contribution < -0.4 is 20.8 Å². The molecule has 1 aromatic carbocycles. The zero-order valence-corrected chi connectivity index (χ0v) is 17.6. The Hall–Kier alpha value is -3.56. The van der Waals surface area contributed by atoms with E-state index in [2.05, 4.69) is 27.4 Å². The molecule has 2 aromatic rings. The summed E-state index contributed by atoms with van der Waals surface area (Å²) in [5, 5.41) is 10.5. The fourth-order valence-electron chi connectivity index (χ4n) is 3.88. The van der Waals surface area contributed by atoms with Crippen LogP contribution in [0.2, 0.25) is 0 Å². The van der Waals surface area contributed by atoms with Gasteiger partial charge in [0, 0.05) is 31.7 Å². The summed E-state index contributed by atoms with van der Waals surface area (Å²) in [7, 11) is 0. The summed E-state index contributed by atoms with van der Waals surface area (Å²) in [5.41, 5.74) is 0.0789. The highest BCUT2D eigenvalue weighted by Gasteiger charge is 2.50.